The predicted octanol–water partition coefficient (Wildman–Crippen LogP) is 0.0369. The first-order chi connectivity index (χ1) is 8.70. The molecule has 0 radical (unpaired) electrons. The van der Waals surface area contributed by atoms with Gasteiger partial charge in [-0.2, -0.15) is 5.10 Å². The number of carbonyl (C=O) groups is 2. The van der Waals surface area contributed by atoms with Crippen LogP contribution in [0.1, 0.15) is 37.7 Å². The molecular formula is C12H21N5O2. The van der Waals surface area contributed by atoms with Gasteiger partial charge in [0, 0.05) is 25.6 Å². The lowest BCUT2D eigenvalue weighted by Crippen LogP contribution is -2.42. The fourth-order valence-corrected chi connectivity index (χ4v) is 1.59. The number of nitrogens with two attached hydrogens (primary N) is 1. The highest BCUT2D eigenvalue weighted by atomic mass is 16.2. The third-order valence-electron chi connectivity index (χ3n) is 2.33. The highest BCUT2D eigenvalue weighted by Gasteiger charge is 2.16. The van der Waals surface area contributed by atoms with Gasteiger partial charge >= 0.3 is 0 Å². The van der Waals surface area contributed by atoms with Crippen molar-refractivity contribution in [2.45, 2.75) is 32.7 Å². The van der Waals surface area contributed by atoms with Crippen molar-refractivity contribution >= 4 is 17.5 Å². The number of hydrogen-bond donors (Lipinski definition) is 3. The van der Waals surface area contributed by atoms with Gasteiger partial charge in [0.25, 0.3) is 5.91 Å². The van der Waals surface area contributed by atoms with E-state index in [-0.39, 0.29) is 30.3 Å². The summed E-state index contributed by atoms with van der Waals surface area (Å²) >= 11 is 0. The normalized spacial score (nSPS) is 11.2. The fraction of sp³-hybridized carbons (Fsp3) is 0.583. The van der Waals surface area contributed by atoms with Gasteiger partial charge in [-0.3, -0.25) is 14.3 Å². The number of aromatic nitrogens is 2. The van der Waals surface area contributed by atoms with Gasteiger partial charge in [0.2, 0.25) is 5.91 Å². The molecule has 0 spiro atoms. The molecule has 0 saturated carbocycles. The molecule has 7 nitrogen and oxygen atoms in total. The summed E-state index contributed by atoms with van der Waals surface area (Å²) in [7, 11) is 1.64. The van der Waals surface area contributed by atoms with Gasteiger partial charge in [-0.1, -0.05) is 0 Å². The molecule has 4 N–H and O–H groups in total. The molecule has 0 aliphatic rings. The molecular weight excluding hydrogens is 246 g/mol. The Labute approximate surface area is 112 Å². The molecule has 1 aromatic heterocycles. The number of amides is 2. The van der Waals surface area contributed by atoms with E-state index >= 15 is 0 Å². The van der Waals surface area contributed by atoms with Crippen LogP contribution in [-0.2, 0) is 11.8 Å². The van der Waals surface area contributed by atoms with E-state index in [4.69, 9.17) is 5.73 Å². The first-order valence-electron chi connectivity index (χ1n) is 6.07. The molecule has 2 amide bonds. The van der Waals surface area contributed by atoms with Crippen molar-refractivity contribution in [1.82, 2.24) is 20.4 Å². The number of nitrogens with zero attached hydrogens (tertiary/aromatic N) is 2. The fourth-order valence-electron chi connectivity index (χ4n) is 1.59. The minimum atomic E-state index is -0.332. The molecule has 19 heavy (non-hydrogen) atoms. The average Bonchev–Trinajstić information content (AvgIpc) is 2.55. The standard InChI is InChI=1S/C12H21N5O2/c1-12(2,3)16-9(18)5-6-14-11(19)10-8(13)7-15-17(10)4/h7H,5-6,13H2,1-4H3,(H,14,19)(H,16,18). The number of hydrogen-bond acceptors (Lipinski definition) is 4. The van der Waals surface area contributed by atoms with Crippen LogP contribution in [0.5, 0.6) is 0 Å². The lowest BCUT2D eigenvalue weighted by atomic mass is 10.1. The maximum absolute atomic E-state index is 11.8. The minimum absolute atomic E-state index is 0.106. The van der Waals surface area contributed by atoms with E-state index in [0.29, 0.717) is 11.4 Å². The summed E-state index contributed by atoms with van der Waals surface area (Å²) in [4.78, 5) is 23.4. The van der Waals surface area contributed by atoms with Crippen LogP contribution < -0.4 is 16.4 Å². The summed E-state index contributed by atoms with van der Waals surface area (Å²) in [6.45, 7) is 5.96. The molecule has 1 heterocycles. The number of rotatable bonds is 4. The number of aryl methyl sites for hydroxylation is 1. The van der Waals surface area contributed by atoms with Gasteiger partial charge in [0.15, 0.2) is 0 Å². The van der Waals surface area contributed by atoms with Crippen LogP contribution in [0.15, 0.2) is 6.20 Å². The van der Waals surface area contributed by atoms with Gasteiger partial charge in [-0.05, 0) is 20.8 Å². The average molecular weight is 267 g/mol. The highest BCUT2D eigenvalue weighted by molar-refractivity contribution is 5.97. The Kier molecular flexibility index (Phi) is 4.52. The van der Waals surface area contributed by atoms with Crippen LogP contribution >= 0.6 is 0 Å². The summed E-state index contributed by atoms with van der Waals surface area (Å²) < 4.78 is 1.40. The van der Waals surface area contributed by atoms with E-state index in [1.54, 1.807) is 7.05 Å². The van der Waals surface area contributed by atoms with Gasteiger partial charge in [-0.25, -0.2) is 0 Å². The lowest BCUT2D eigenvalue weighted by molar-refractivity contribution is -0.122. The minimum Gasteiger partial charge on any atom is -0.396 e. The van der Waals surface area contributed by atoms with Crippen molar-refractivity contribution < 1.29 is 9.59 Å². The summed E-state index contributed by atoms with van der Waals surface area (Å²) in [6.07, 6.45) is 1.64. The molecule has 7 heteroatoms. The Balaban J connectivity index is 2.42. The molecule has 0 atom stereocenters. The summed E-state index contributed by atoms with van der Waals surface area (Å²) in [5.74, 6) is -0.438. The van der Waals surface area contributed by atoms with Crippen molar-refractivity contribution in [3.8, 4) is 0 Å². The van der Waals surface area contributed by atoms with E-state index in [0.717, 1.165) is 0 Å². The molecule has 0 saturated heterocycles. The Morgan fingerprint density at radius 3 is 2.53 bits per heavy atom. The van der Waals surface area contributed by atoms with E-state index < -0.39 is 0 Å². The topological polar surface area (TPSA) is 102 Å². The monoisotopic (exact) mass is 267 g/mol. The Hall–Kier alpha value is -2.05. The predicted molar refractivity (Wildman–Crippen MR) is 72.5 cm³/mol. The summed E-state index contributed by atoms with van der Waals surface area (Å²) in [5, 5.41) is 9.34. The molecule has 0 bridgehead atoms. The SMILES string of the molecule is Cn1ncc(N)c1C(=O)NCCC(=O)NC(C)(C)C. The Morgan fingerprint density at radius 2 is 2.05 bits per heavy atom. The molecule has 0 aliphatic carbocycles. The van der Waals surface area contributed by atoms with Crippen molar-refractivity contribution in [1.29, 1.82) is 0 Å². The smallest absolute Gasteiger partial charge is 0.271 e. The molecule has 0 fully saturated rings. The summed E-state index contributed by atoms with van der Waals surface area (Å²) in [5.41, 5.74) is 5.98. The lowest BCUT2D eigenvalue weighted by Gasteiger charge is -2.20. The highest BCUT2D eigenvalue weighted by Crippen LogP contribution is 2.08. The van der Waals surface area contributed by atoms with Gasteiger partial charge in [-0.15, -0.1) is 0 Å². The van der Waals surface area contributed by atoms with Crippen molar-refractivity contribution in [2.24, 2.45) is 7.05 Å². The van der Waals surface area contributed by atoms with Gasteiger partial charge in [0.05, 0.1) is 11.9 Å². The largest absolute Gasteiger partial charge is 0.396 e. The number of anilines is 1. The Bertz CT molecular complexity index is 453. The van der Waals surface area contributed by atoms with E-state index in [1.165, 1.54) is 10.9 Å². The third-order valence-corrected chi connectivity index (χ3v) is 2.33. The van der Waals surface area contributed by atoms with Crippen LogP contribution in [0.4, 0.5) is 5.69 Å². The molecule has 0 unspecified atom stereocenters. The second-order valence-electron chi connectivity index (χ2n) is 5.38. The van der Waals surface area contributed by atoms with Crippen molar-refractivity contribution in [2.75, 3.05) is 12.3 Å². The second-order valence-corrected chi connectivity index (χ2v) is 5.38. The van der Waals surface area contributed by atoms with Gasteiger partial charge < -0.3 is 16.4 Å². The maximum Gasteiger partial charge on any atom is 0.271 e. The van der Waals surface area contributed by atoms with Crippen LogP contribution in [0.2, 0.25) is 0 Å². The number of nitrogens with one attached hydrogen (secondary N) is 2. The van der Waals surface area contributed by atoms with Crippen LogP contribution in [0.25, 0.3) is 0 Å². The van der Waals surface area contributed by atoms with E-state index in [2.05, 4.69) is 15.7 Å². The van der Waals surface area contributed by atoms with Crippen LogP contribution in [0.3, 0.4) is 0 Å². The van der Waals surface area contributed by atoms with Crippen molar-refractivity contribution in [3.05, 3.63) is 11.9 Å². The molecule has 1 aromatic rings. The van der Waals surface area contributed by atoms with Gasteiger partial charge in [0.1, 0.15) is 5.69 Å². The zero-order chi connectivity index (χ0) is 14.6. The Morgan fingerprint density at radius 1 is 1.42 bits per heavy atom. The first-order valence-corrected chi connectivity index (χ1v) is 6.07. The third kappa shape index (κ3) is 4.61. The number of carbonyl (C=O) groups excluding carboxylic acids is 2. The zero-order valence-electron chi connectivity index (χ0n) is 11.8. The van der Waals surface area contributed by atoms with E-state index in [9.17, 15) is 9.59 Å². The second kappa shape index (κ2) is 5.73. The number of nitrogen functional groups attached to an aromatic ring is 1. The first kappa shape index (κ1) is 15.0. The summed E-state index contributed by atoms with van der Waals surface area (Å²) in [6, 6.07) is 0. The quantitative estimate of drug-likeness (QED) is 0.716. The zero-order valence-corrected chi connectivity index (χ0v) is 11.8. The van der Waals surface area contributed by atoms with Crippen LogP contribution in [-0.4, -0.2) is 33.7 Å². The molecule has 1 rings (SSSR count). The van der Waals surface area contributed by atoms with Crippen molar-refractivity contribution in [3.63, 3.8) is 0 Å². The molecule has 0 aliphatic heterocycles. The van der Waals surface area contributed by atoms with E-state index in [1.807, 2.05) is 20.8 Å². The molecule has 106 valence electrons. The van der Waals surface area contributed by atoms with Crippen LogP contribution in [0, 0.1) is 0 Å². The molecule has 0 aromatic carbocycles. The maximum atomic E-state index is 11.8.